The number of amides is 2. The van der Waals surface area contributed by atoms with E-state index in [-0.39, 0.29) is 40.4 Å². The molecular formula is C19H19FN8O2. The first-order chi connectivity index (χ1) is 15.6. The van der Waals surface area contributed by atoms with Crippen LogP contribution in [0.3, 0.4) is 0 Å². The fourth-order valence-corrected chi connectivity index (χ4v) is 2.76. The molecule has 0 aliphatic heterocycles. The Kier molecular flexibility index (Phi) is 4.18. The summed E-state index contributed by atoms with van der Waals surface area (Å²) in [6.45, 7) is -2.77. The Morgan fingerprint density at radius 3 is 2.80 bits per heavy atom. The van der Waals surface area contributed by atoms with E-state index in [1.807, 2.05) is 5.32 Å². The summed E-state index contributed by atoms with van der Waals surface area (Å²) in [5, 5.41) is 18.8. The normalized spacial score (nSPS) is 14.9. The van der Waals surface area contributed by atoms with Gasteiger partial charge in [-0.3, -0.25) is 14.3 Å². The van der Waals surface area contributed by atoms with Crippen LogP contribution in [0.25, 0.3) is 11.4 Å². The fraction of sp³-hybridized carbons (Fsp3) is 0.263. The van der Waals surface area contributed by atoms with Gasteiger partial charge in [-0.05, 0) is 25.0 Å². The van der Waals surface area contributed by atoms with Gasteiger partial charge >= 0.3 is 0 Å². The van der Waals surface area contributed by atoms with Crippen molar-refractivity contribution in [3.05, 3.63) is 42.1 Å². The summed E-state index contributed by atoms with van der Waals surface area (Å²) in [6.07, 6.45) is 2.96. The van der Waals surface area contributed by atoms with Crippen LogP contribution in [0, 0.1) is 11.7 Å². The summed E-state index contributed by atoms with van der Waals surface area (Å²) in [7, 11) is 1.65. The molecule has 11 heteroatoms. The molecule has 1 aliphatic rings. The van der Waals surface area contributed by atoms with Crippen molar-refractivity contribution >= 4 is 29.0 Å². The van der Waals surface area contributed by atoms with Crippen LogP contribution in [-0.2, 0) is 11.8 Å². The smallest absolute Gasteiger partial charge is 0.273 e. The van der Waals surface area contributed by atoms with E-state index in [1.165, 1.54) is 29.2 Å². The number of nitrogens with zero attached hydrogens (tertiary/aromatic N) is 5. The van der Waals surface area contributed by atoms with E-state index in [0.717, 1.165) is 12.8 Å². The van der Waals surface area contributed by atoms with Crippen LogP contribution in [-0.4, -0.2) is 43.8 Å². The second kappa shape index (κ2) is 7.85. The van der Waals surface area contributed by atoms with Gasteiger partial charge < -0.3 is 16.0 Å². The van der Waals surface area contributed by atoms with Gasteiger partial charge in [0, 0.05) is 30.1 Å². The summed E-state index contributed by atoms with van der Waals surface area (Å²) in [4.78, 5) is 28.6. The molecule has 0 atom stereocenters. The number of anilines is 3. The third kappa shape index (κ3) is 3.95. The first-order valence-electron chi connectivity index (χ1n) is 10.5. The molecule has 3 aromatic rings. The zero-order valence-corrected chi connectivity index (χ0v) is 15.8. The fourth-order valence-electron chi connectivity index (χ4n) is 2.76. The molecule has 0 unspecified atom stereocenters. The predicted octanol–water partition coefficient (Wildman–Crippen LogP) is 1.86. The van der Waals surface area contributed by atoms with Crippen LogP contribution in [0.2, 0.25) is 0 Å². The molecule has 0 bridgehead atoms. The minimum Gasteiger partial charge on any atom is -0.354 e. The molecule has 1 saturated carbocycles. The van der Waals surface area contributed by atoms with Crippen molar-refractivity contribution in [2.75, 3.05) is 17.6 Å². The first-order valence-corrected chi connectivity index (χ1v) is 9.03. The molecule has 2 heterocycles. The number of aromatic nitrogens is 5. The van der Waals surface area contributed by atoms with Gasteiger partial charge in [-0.2, -0.15) is 5.10 Å². The Morgan fingerprint density at radius 2 is 2.10 bits per heavy atom. The van der Waals surface area contributed by atoms with Gasteiger partial charge in [0.1, 0.15) is 6.33 Å². The Balaban J connectivity index is 1.69. The highest BCUT2D eigenvalue weighted by molar-refractivity contribution is 5.99. The lowest BCUT2D eigenvalue weighted by Crippen LogP contribution is -2.22. The van der Waals surface area contributed by atoms with E-state index < -0.39 is 24.4 Å². The number of halogens is 1. The van der Waals surface area contributed by atoms with Crippen LogP contribution in [0.5, 0.6) is 0 Å². The molecule has 2 aromatic heterocycles. The number of rotatable bonds is 6. The van der Waals surface area contributed by atoms with Crippen LogP contribution in [0.15, 0.2) is 30.6 Å². The largest absolute Gasteiger partial charge is 0.354 e. The third-order valence-corrected chi connectivity index (χ3v) is 4.43. The lowest BCUT2D eigenvalue weighted by Gasteiger charge is -2.13. The van der Waals surface area contributed by atoms with E-state index in [9.17, 15) is 9.59 Å². The van der Waals surface area contributed by atoms with Crippen molar-refractivity contribution in [3.63, 3.8) is 0 Å². The molecule has 0 saturated heterocycles. The number of carbonyl (C=O) groups is 2. The van der Waals surface area contributed by atoms with Crippen LogP contribution < -0.4 is 16.0 Å². The third-order valence-electron chi connectivity index (χ3n) is 4.43. The average molecular weight is 413 g/mol. The Labute approximate surface area is 175 Å². The molecule has 1 aromatic carbocycles. The quantitative estimate of drug-likeness (QED) is 0.563. The molecular weight excluding hydrogens is 391 g/mol. The van der Waals surface area contributed by atoms with E-state index in [4.69, 9.17) is 4.11 Å². The predicted molar refractivity (Wildman–Crippen MR) is 106 cm³/mol. The van der Waals surface area contributed by atoms with E-state index in [2.05, 4.69) is 30.9 Å². The lowest BCUT2D eigenvalue weighted by molar-refractivity contribution is -0.117. The second-order valence-corrected chi connectivity index (χ2v) is 6.74. The minimum absolute atomic E-state index is 0.0304. The van der Waals surface area contributed by atoms with Crippen LogP contribution >= 0.6 is 0 Å². The monoisotopic (exact) mass is 413 g/mol. The molecule has 3 N–H and O–H groups in total. The number of aryl methyl sites for hydroxylation is 1. The van der Waals surface area contributed by atoms with Crippen LogP contribution in [0.1, 0.15) is 27.4 Å². The summed E-state index contributed by atoms with van der Waals surface area (Å²) in [6, 6.07) is 5.75. The van der Waals surface area contributed by atoms with Gasteiger partial charge in [-0.15, -0.1) is 10.2 Å². The summed E-state index contributed by atoms with van der Waals surface area (Å²) < 4.78 is 38.4. The molecule has 2 amide bonds. The molecule has 0 radical (unpaired) electrons. The zero-order valence-electron chi connectivity index (χ0n) is 18.8. The number of hydrogen-bond acceptors (Lipinski definition) is 7. The zero-order chi connectivity index (χ0) is 23.8. The van der Waals surface area contributed by atoms with Crippen molar-refractivity contribution in [1.82, 2.24) is 30.3 Å². The van der Waals surface area contributed by atoms with Crippen molar-refractivity contribution in [3.8, 4) is 11.4 Å². The van der Waals surface area contributed by atoms with Gasteiger partial charge in [0.2, 0.25) is 5.91 Å². The van der Waals surface area contributed by atoms with E-state index in [1.54, 1.807) is 13.1 Å². The topological polar surface area (TPSA) is 127 Å². The number of carbonyl (C=O) groups excluding carboxylic acids is 2. The highest BCUT2D eigenvalue weighted by atomic mass is 19.1. The second-order valence-electron chi connectivity index (χ2n) is 6.74. The van der Waals surface area contributed by atoms with E-state index >= 15 is 4.39 Å². The van der Waals surface area contributed by atoms with Crippen molar-refractivity contribution in [1.29, 1.82) is 0 Å². The highest BCUT2D eigenvalue weighted by Crippen LogP contribution is 2.31. The number of benzene rings is 1. The maximum Gasteiger partial charge on any atom is 0.273 e. The Morgan fingerprint density at radius 1 is 1.27 bits per heavy atom. The molecule has 10 nitrogen and oxygen atoms in total. The summed E-state index contributed by atoms with van der Waals surface area (Å²) in [5.41, 5.74) is -0.382. The molecule has 1 fully saturated rings. The van der Waals surface area contributed by atoms with Crippen molar-refractivity contribution in [2.45, 2.75) is 12.8 Å². The first kappa shape index (κ1) is 16.0. The molecule has 4 rings (SSSR count). The van der Waals surface area contributed by atoms with Crippen molar-refractivity contribution < 1.29 is 18.1 Å². The maximum absolute atomic E-state index is 15.2. The molecule has 0 spiro atoms. The molecule has 30 heavy (non-hydrogen) atoms. The Hall–Kier alpha value is -3.89. The maximum atomic E-state index is 15.2. The van der Waals surface area contributed by atoms with Gasteiger partial charge in [-0.1, -0.05) is 6.07 Å². The number of nitrogens with one attached hydrogen (secondary N) is 3. The molecule has 154 valence electrons. The summed E-state index contributed by atoms with van der Waals surface area (Å²) >= 11 is 0. The number of hydrogen-bond donors (Lipinski definition) is 3. The Bertz CT molecular complexity index is 1230. The van der Waals surface area contributed by atoms with Gasteiger partial charge in [0.05, 0.1) is 16.9 Å². The van der Waals surface area contributed by atoms with Crippen LogP contribution in [0.4, 0.5) is 21.6 Å². The standard InChI is InChI=1S/C19H19FN8O2/c1-21-19(30)16-13(8-14(25-26-16)24-18(29)10-6-7-10)23-12-5-3-4-11(15(12)20)17-22-9-28(2)27-17/h3-5,8-10H,6-7H2,1-2H3,(H,21,30)(H2,23,24,25,29)/i1D3. The van der Waals surface area contributed by atoms with Gasteiger partial charge in [0.25, 0.3) is 5.91 Å². The average Bonchev–Trinajstić information content (AvgIpc) is 3.50. The highest BCUT2D eigenvalue weighted by Gasteiger charge is 2.30. The minimum atomic E-state index is -2.77. The summed E-state index contributed by atoms with van der Waals surface area (Å²) in [5.74, 6) is -1.92. The molecule has 1 aliphatic carbocycles. The van der Waals surface area contributed by atoms with Gasteiger partial charge in [-0.25, -0.2) is 9.37 Å². The lowest BCUT2D eigenvalue weighted by atomic mass is 10.1. The van der Waals surface area contributed by atoms with E-state index in [0.29, 0.717) is 0 Å². The van der Waals surface area contributed by atoms with Gasteiger partial charge in [0.15, 0.2) is 23.2 Å². The van der Waals surface area contributed by atoms with Crippen molar-refractivity contribution in [2.24, 2.45) is 13.0 Å². The SMILES string of the molecule is [2H]C([2H])([2H])NC(=O)c1nnc(NC(=O)C2CC2)cc1Nc1cccc(-c2ncn(C)n2)c1F.